The fourth-order valence-electron chi connectivity index (χ4n) is 3.50. The van der Waals surface area contributed by atoms with Crippen LogP contribution in [-0.2, 0) is 35.3 Å². The highest BCUT2D eigenvalue weighted by Gasteiger charge is 2.36. The SMILES string of the molecule is CCC(=O)OCON=[N+]([O-])N(C)C(C)(C)COC(=O)NS(=O)(=O)c1ccc(-n2nc(C(F)(F)F)cc2-c2ccc(C)cc2)cc1. The van der Waals surface area contributed by atoms with E-state index in [1.807, 2.05) is 6.92 Å². The van der Waals surface area contributed by atoms with Gasteiger partial charge < -0.3 is 19.5 Å². The average Bonchev–Trinajstić information content (AvgIpc) is 3.44. The number of aryl methyl sites for hydroxylation is 1. The molecule has 3 aromatic rings. The van der Waals surface area contributed by atoms with Gasteiger partial charge in [-0.25, -0.2) is 22.6 Å². The van der Waals surface area contributed by atoms with Crippen LogP contribution < -0.4 is 4.72 Å². The standard InChI is InChI=1S/C27H31F3N6O8S/c1-6-24(37)43-17-44-33-36(39)34(5)26(3,4)16-42-25(38)32-45(40,41)21-13-11-20(12-14-21)35-22(15-23(31-35)27(28,29)30)19-9-7-18(2)8-10-19/h7-15H,6,16-17H2,1-5H3,(H,32,38). The molecule has 0 saturated carbocycles. The first-order chi connectivity index (χ1) is 20.9. The molecule has 0 saturated heterocycles. The summed E-state index contributed by atoms with van der Waals surface area (Å²) in [4.78, 5) is 27.7. The molecule has 0 radical (unpaired) electrons. The molecule has 0 atom stereocenters. The van der Waals surface area contributed by atoms with Gasteiger partial charge in [-0.05, 0) is 51.1 Å². The molecule has 0 bridgehead atoms. The second-order valence-corrected chi connectivity index (χ2v) is 11.8. The van der Waals surface area contributed by atoms with Gasteiger partial charge in [-0.1, -0.05) is 36.8 Å². The van der Waals surface area contributed by atoms with Gasteiger partial charge in [-0.2, -0.15) is 18.3 Å². The van der Waals surface area contributed by atoms with Crippen LogP contribution in [-0.4, -0.2) is 66.2 Å². The van der Waals surface area contributed by atoms with E-state index in [0.29, 0.717) is 5.56 Å². The molecular weight excluding hydrogens is 625 g/mol. The number of aromatic nitrogens is 2. The highest BCUT2D eigenvalue weighted by atomic mass is 32.2. The maximum absolute atomic E-state index is 13.5. The van der Waals surface area contributed by atoms with E-state index in [9.17, 15) is 36.4 Å². The number of esters is 1. The quantitative estimate of drug-likeness (QED) is 0.0720. The number of nitrogens with one attached hydrogen (secondary N) is 1. The molecule has 2 aromatic carbocycles. The third-order valence-electron chi connectivity index (χ3n) is 6.33. The molecule has 0 aliphatic carbocycles. The Morgan fingerprint density at radius 1 is 1.09 bits per heavy atom. The van der Waals surface area contributed by atoms with Crippen LogP contribution in [0.4, 0.5) is 18.0 Å². The second kappa shape index (κ2) is 13.8. The van der Waals surface area contributed by atoms with E-state index in [2.05, 4.69) is 20.0 Å². The molecule has 1 aromatic heterocycles. The lowest BCUT2D eigenvalue weighted by Gasteiger charge is -2.30. The molecule has 1 N–H and O–H groups in total. The Kier molecular flexibility index (Phi) is 10.6. The minimum absolute atomic E-state index is 0.0147. The van der Waals surface area contributed by atoms with E-state index >= 15 is 0 Å². The predicted molar refractivity (Wildman–Crippen MR) is 151 cm³/mol. The van der Waals surface area contributed by atoms with E-state index in [1.165, 1.54) is 33.0 Å². The maximum atomic E-state index is 13.5. The van der Waals surface area contributed by atoms with Gasteiger partial charge in [-0.3, -0.25) is 4.79 Å². The lowest BCUT2D eigenvalue weighted by molar-refractivity contribution is -0.721. The van der Waals surface area contributed by atoms with Crippen LogP contribution in [0.1, 0.15) is 38.4 Å². The lowest BCUT2D eigenvalue weighted by Crippen LogP contribution is -2.49. The molecule has 0 aliphatic rings. The summed E-state index contributed by atoms with van der Waals surface area (Å²) in [6.45, 7) is 5.28. The number of nitrogens with zero attached hydrogens (tertiary/aromatic N) is 5. The zero-order valence-corrected chi connectivity index (χ0v) is 25.7. The van der Waals surface area contributed by atoms with Crippen molar-refractivity contribution < 1.29 is 50.5 Å². The normalized spacial score (nSPS) is 12.4. The van der Waals surface area contributed by atoms with E-state index in [0.717, 1.165) is 33.5 Å². The van der Waals surface area contributed by atoms with Gasteiger partial charge in [0.25, 0.3) is 16.8 Å². The Balaban J connectivity index is 1.69. The number of hydrogen-bond acceptors (Lipinski definition) is 10. The zero-order chi connectivity index (χ0) is 33.6. The molecule has 3 rings (SSSR count). The number of halogens is 3. The summed E-state index contributed by atoms with van der Waals surface area (Å²) in [5.74, 6) is -0.564. The zero-order valence-electron chi connectivity index (χ0n) is 24.9. The fourth-order valence-corrected chi connectivity index (χ4v) is 4.39. The van der Waals surface area contributed by atoms with Crippen LogP contribution in [0.5, 0.6) is 0 Å². The van der Waals surface area contributed by atoms with Crippen molar-refractivity contribution in [3.63, 3.8) is 0 Å². The van der Waals surface area contributed by atoms with Gasteiger partial charge in [-0.15, -0.1) is 5.01 Å². The highest BCUT2D eigenvalue weighted by Crippen LogP contribution is 2.33. The Hall–Kier alpha value is -4.87. The topological polar surface area (TPSA) is 167 Å². The van der Waals surface area contributed by atoms with Gasteiger partial charge in [0.2, 0.25) is 5.28 Å². The van der Waals surface area contributed by atoms with Crippen molar-refractivity contribution in [3.8, 4) is 16.9 Å². The number of ether oxygens (including phenoxy) is 2. The summed E-state index contributed by atoms with van der Waals surface area (Å²) < 4.78 is 78.5. The number of benzene rings is 2. The molecule has 0 spiro atoms. The minimum atomic E-state index is -4.72. The Bertz CT molecular complexity index is 1640. The van der Waals surface area contributed by atoms with Gasteiger partial charge in [0, 0.05) is 12.0 Å². The largest absolute Gasteiger partial charge is 0.569 e. The van der Waals surface area contributed by atoms with Gasteiger partial charge >= 0.3 is 18.2 Å². The average molecular weight is 657 g/mol. The summed E-state index contributed by atoms with van der Waals surface area (Å²) in [6.07, 6.45) is -5.98. The van der Waals surface area contributed by atoms with E-state index < -0.39 is 52.9 Å². The molecule has 18 heteroatoms. The van der Waals surface area contributed by atoms with Crippen molar-refractivity contribution in [1.82, 2.24) is 19.5 Å². The predicted octanol–water partition coefficient (Wildman–Crippen LogP) is 4.71. The maximum Gasteiger partial charge on any atom is 0.435 e. The Labute approximate surface area is 256 Å². The first-order valence-corrected chi connectivity index (χ1v) is 14.7. The first-order valence-electron chi connectivity index (χ1n) is 13.2. The number of hydrazine groups is 1. The molecular formula is C27H31F3N6O8S. The molecule has 1 amide bonds. The molecule has 244 valence electrons. The number of carbonyl (C=O) groups is 2. The van der Waals surface area contributed by atoms with Crippen molar-refractivity contribution in [2.24, 2.45) is 5.28 Å². The Morgan fingerprint density at radius 2 is 1.71 bits per heavy atom. The van der Waals surface area contributed by atoms with E-state index in [-0.39, 0.29) is 27.7 Å². The number of alkyl halides is 3. The monoisotopic (exact) mass is 656 g/mol. The summed E-state index contributed by atoms with van der Waals surface area (Å²) in [5, 5.41) is 20.0. The number of sulfonamides is 1. The minimum Gasteiger partial charge on any atom is -0.569 e. The number of hydrogen-bond donors (Lipinski definition) is 1. The van der Waals surface area contributed by atoms with Crippen LogP contribution in [0.2, 0.25) is 0 Å². The van der Waals surface area contributed by atoms with E-state index in [1.54, 1.807) is 35.9 Å². The van der Waals surface area contributed by atoms with Crippen molar-refractivity contribution in [2.45, 2.75) is 50.7 Å². The summed E-state index contributed by atoms with van der Waals surface area (Å²) >= 11 is 0. The van der Waals surface area contributed by atoms with Crippen molar-refractivity contribution in [3.05, 3.63) is 71.1 Å². The van der Waals surface area contributed by atoms with Crippen LogP contribution in [0.15, 0.2) is 64.8 Å². The van der Waals surface area contributed by atoms with Gasteiger partial charge in [0.15, 0.2) is 5.69 Å². The summed E-state index contributed by atoms with van der Waals surface area (Å²) in [5.41, 5.74) is -0.733. The third kappa shape index (κ3) is 9.07. The molecule has 0 aliphatic heterocycles. The van der Waals surface area contributed by atoms with E-state index in [4.69, 9.17) is 4.74 Å². The van der Waals surface area contributed by atoms with Gasteiger partial charge in [0.05, 0.1) is 28.3 Å². The number of rotatable bonds is 12. The van der Waals surface area contributed by atoms with Gasteiger partial charge in [0.1, 0.15) is 12.1 Å². The Morgan fingerprint density at radius 3 is 2.29 bits per heavy atom. The first kappa shape index (κ1) is 34.6. The number of amides is 1. The molecule has 45 heavy (non-hydrogen) atoms. The van der Waals surface area contributed by atoms with Crippen LogP contribution in [0.25, 0.3) is 16.9 Å². The molecule has 0 unspecified atom stereocenters. The second-order valence-electron chi connectivity index (χ2n) is 10.2. The summed E-state index contributed by atoms with van der Waals surface area (Å²) in [7, 11) is -3.18. The third-order valence-corrected chi connectivity index (χ3v) is 7.66. The number of likely N-dealkylation sites (N-methyl/N-ethyl adjacent to an activating group) is 1. The van der Waals surface area contributed by atoms with Crippen molar-refractivity contribution in [2.75, 3.05) is 20.4 Å². The smallest absolute Gasteiger partial charge is 0.435 e. The molecule has 0 fully saturated rings. The van der Waals surface area contributed by atoms with Crippen molar-refractivity contribution in [1.29, 1.82) is 0 Å². The lowest BCUT2D eigenvalue weighted by atomic mass is 10.1. The highest BCUT2D eigenvalue weighted by molar-refractivity contribution is 7.90. The van der Waals surface area contributed by atoms with Crippen LogP contribution in [0, 0.1) is 12.1 Å². The fraction of sp³-hybridized carbons (Fsp3) is 0.370. The van der Waals surface area contributed by atoms with Crippen molar-refractivity contribution >= 4 is 22.1 Å². The molecule has 14 nitrogen and oxygen atoms in total. The molecule has 1 heterocycles. The van der Waals surface area contributed by atoms with Crippen LogP contribution >= 0.6 is 0 Å². The van der Waals surface area contributed by atoms with Crippen LogP contribution in [0.3, 0.4) is 0 Å². The summed E-state index contributed by atoms with van der Waals surface area (Å²) in [6, 6.07) is 12.3. The number of carbonyl (C=O) groups excluding carboxylic acids is 2.